The first-order chi connectivity index (χ1) is 8.24. The van der Waals surface area contributed by atoms with Crippen molar-refractivity contribution in [1.29, 1.82) is 0 Å². The second kappa shape index (κ2) is 4.09. The Labute approximate surface area is 110 Å². The van der Waals surface area contributed by atoms with Crippen LogP contribution < -0.4 is 5.73 Å². The van der Waals surface area contributed by atoms with E-state index in [1.54, 1.807) is 17.5 Å². The van der Waals surface area contributed by atoms with E-state index in [2.05, 4.69) is 25.9 Å². The standard InChI is InChI=1S/C12H8BrN3S/c13-7-3-4-10-9(6-7)16-12(17-10)11-8(14)2-1-5-15-11/h1-6H,14H2. The lowest BCUT2D eigenvalue weighted by Crippen LogP contribution is -1.91. The molecular weight excluding hydrogens is 298 g/mol. The van der Waals surface area contributed by atoms with Gasteiger partial charge in [-0.25, -0.2) is 4.98 Å². The molecule has 0 amide bonds. The van der Waals surface area contributed by atoms with Crippen molar-refractivity contribution in [2.45, 2.75) is 0 Å². The van der Waals surface area contributed by atoms with Crippen LogP contribution in [-0.4, -0.2) is 9.97 Å². The van der Waals surface area contributed by atoms with Gasteiger partial charge in [-0.2, -0.15) is 0 Å². The zero-order chi connectivity index (χ0) is 11.8. The topological polar surface area (TPSA) is 51.8 Å². The molecule has 3 aromatic rings. The number of anilines is 1. The summed E-state index contributed by atoms with van der Waals surface area (Å²) < 4.78 is 2.16. The first kappa shape index (κ1) is 10.7. The summed E-state index contributed by atoms with van der Waals surface area (Å²) in [6.07, 6.45) is 1.73. The second-order valence-corrected chi connectivity index (χ2v) is 5.52. The number of nitrogen functional groups attached to an aromatic ring is 1. The number of aromatic nitrogens is 2. The highest BCUT2D eigenvalue weighted by molar-refractivity contribution is 9.10. The average molecular weight is 306 g/mol. The number of benzene rings is 1. The van der Waals surface area contributed by atoms with Crippen LogP contribution in [0.4, 0.5) is 5.69 Å². The lowest BCUT2D eigenvalue weighted by atomic mass is 10.3. The molecule has 0 aliphatic rings. The minimum Gasteiger partial charge on any atom is -0.397 e. The summed E-state index contributed by atoms with van der Waals surface area (Å²) in [4.78, 5) is 8.83. The lowest BCUT2D eigenvalue weighted by molar-refractivity contribution is 1.31. The maximum atomic E-state index is 5.90. The number of pyridine rings is 1. The van der Waals surface area contributed by atoms with Crippen LogP contribution in [-0.2, 0) is 0 Å². The largest absolute Gasteiger partial charge is 0.397 e. The minimum absolute atomic E-state index is 0.658. The zero-order valence-corrected chi connectivity index (χ0v) is 11.1. The van der Waals surface area contributed by atoms with E-state index in [4.69, 9.17) is 5.73 Å². The van der Waals surface area contributed by atoms with Gasteiger partial charge in [-0.05, 0) is 30.3 Å². The van der Waals surface area contributed by atoms with Gasteiger partial charge in [0.2, 0.25) is 0 Å². The number of fused-ring (bicyclic) bond motifs is 1. The SMILES string of the molecule is Nc1cccnc1-c1nc2cc(Br)ccc2s1. The number of halogens is 1. The highest BCUT2D eigenvalue weighted by atomic mass is 79.9. The fourth-order valence-corrected chi connectivity index (χ4v) is 2.91. The Bertz CT molecular complexity index is 693. The molecule has 0 saturated carbocycles. The molecule has 2 heterocycles. The maximum Gasteiger partial charge on any atom is 0.145 e. The summed E-state index contributed by atoms with van der Waals surface area (Å²) in [5.74, 6) is 0. The van der Waals surface area contributed by atoms with Gasteiger partial charge in [0.15, 0.2) is 0 Å². The van der Waals surface area contributed by atoms with Crippen LogP contribution in [0.1, 0.15) is 0 Å². The van der Waals surface area contributed by atoms with Gasteiger partial charge in [0.25, 0.3) is 0 Å². The minimum atomic E-state index is 0.658. The van der Waals surface area contributed by atoms with Crippen LogP contribution in [0.3, 0.4) is 0 Å². The van der Waals surface area contributed by atoms with Crippen LogP contribution in [0.15, 0.2) is 41.0 Å². The van der Waals surface area contributed by atoms with Crippen molar-refractivity contribution in [3.63, 3.8) is 0 Å². The molecule has 84 valence electrons. The zero-order valence-electron chi connectivity index (χ0n) is 8.72. The molecule has 0 atom stereocenters. The van der Waals surface area contributed by atoms with Crippen LogP contribution in [0, 0.1) is 0 Å². The Kier molecular flexibility index (Phi) is 2.57. The molecule has 0 saturated heterocycles. The van der Waals surface area contributed by atoms with Crippen molar-refractivity contribution >= 4 is 43.2 Å². The highest BCUT2D eigenvalue weighted by Gasteiger charge is 2.10. The first-order valence-electron chi connectivity index (χ1n) is 5.01. The molecular formula is C12H8BrN3S. The van der Waals surface area contributed by atoms with E-state index in [0.717, 1.165) is 25.4 Å². The van der Waals surface area contributed by atoms with Crippen molar-refractivity contribution in [3.8, 4) is 10.7 Å². The number of rotatable bonds is 1. The van der Waals surface area contributed by atoms with Gasteiger partial charge in [0, 0.05) is 10.7 Å². The quantitative estimate of drug-likeness (QED) is 0.746. The Hall–Kier alpha value is -1.46. The third kappa shape index (κ3) is 1.92. The summed E-state index contributed by atoms with van der Waals surface area (Å²) in [5, 5.41) is 0.858. The predicted molar refractivity (Wildman–Crippen MR) is 75.0 cm³/mol. The fourth-order valence-electron chi connectivity index (χ4n) is 1.60. The Morgan fingerprint density at radius 2 is 2.12 bits per heavy atom. The van der Waals surface area contributed by atoms with E-state index in [0.29, 0.717) is 5.69 Å². The normalized spacial score (nSPS) is 10.9. The van der Waals surface area contributed by atoms with Crippen LogP contribution in [0.2, 0.25) is 0 Å². The molecule has 17 heavy (non-hydrogen) atoms. The third-order valence-electron chi connectivity index (χ3n) is 2.39. The molecule has 0 radical (unpaired) electrons. The van der Waals surface area contributed by atoms with Gasteiger partial charge < -0.3 is 5.73 Å². The molecule has 2 aromatic heterocycles. The monoisotopic (exact) mass is 305 g/mol. The summed E-state index contributed by atoms with van der Waals surface area (Å²) in [5.41, 5.74) is 8.27. The molecule has 0 aliphatic carbocycles. The van der Waals surface area contributed by atoms with Gasteiger partial charge in [-0.3, -0.25) is 4.98 Å². The van der Waals surface area contributed by atoms with Crippen molar-refractivity contribution in [3.05, 3.63) is 41.0 Å². The molecule has 3 nitrogen and oxygen atoms in total. The van der Waals surface area contributed by atoms with E-state index >= 15 is 0 Å². The Morgan fingerprint density at radius 1 is 1.24 bits per heavy atom. The predicted octanol–water partition coefficient (Wildman–Crippen LogP) is 3.70. The van der Waals surface area contributed by atoms with E-state index in [9.17, 15) is 0 Å². The van der Waals surface area contributed by atoms with Crippen molar-refractivity contribution in [2.24, 2.45) is 0 Å². The summed E-state index contributed by atoms with van der Waals surface area (Å²) >= 11 is 5.04. The number of hydrogen-bond acceptors (Lipinski definition) is 4. The molecule has 0 unspecified atom stereocenters. The molecule has 0 fully saturated rings. The van der Waals surface area contributed by atoms with Crippen LogP contribution in [0.5, 0.6) is 0 Å². The van der Waals surface area contributed by atoms with Gasteiger partial charge in [-0.1, -0.05) is 15.9 Å². The van der Waals surface area contributed by atoms with E-state index in [1.165, 1.54) is 0 Å². The van der Waals surface area contributed by atoms with E-state index < -0.39 is 0 Å². The Morgan fingerprint density at radius 3 is 2.94 bits per heavy atom. The molecule has 0 aliphatic heterocycles. The number of nitrogens with zero attached hydrogens (tertiary/aromatic N) is 2. The van der Waals surface area contributed by atoms with Crippen molar-refractivity contribution < 1.29 is 0 Å². The molecule has 5 heteroatoms. The van der Waals surface area contributed by atoms with Gasteiger partial charge in [0.1, 0.15) is 10.7 Å². The first-order valence-corrected chi connectivity index (χ1v) is 6.62. The van der Waals surface area contributed by atoms with Crippen molar-refractivity contribution in [2.75, 3.05) is 5.73 Å². The van der Waals surface area contributed by atoms with Crippen LogP contribution >= 0.6 is 27.3 Å². The number of nitrogens with two attached hydrogens (primary N) is 1. The van der Waals surface area contributed by atoms with Crippen LogP contribution in [0.25, 0.3) is 20.9 Å². The second-order valence-electron chi connectivity index (χ2n) is 3.57. The van der Waals surface area contributed by atoms with Crippen molar-refractivity contribution in [1.82, 2.24) is 9.97 Å². The average Bonchev–Trinajstić information content (AvgIpc) is 2.72. The number of thiazole rings is 1. The smallest absolute Gasteiger partial charge is 0.145 e. The third-order valence-corrected chi connectivity index (χ3v) is 3.93. The molecule has 3 rings (SSSR count). The number of hydrogen-bond donors (Lipinski definition) is 1. The van der Waals surface area contributed by atoms with Gasteiger partial charge >= 0.3 is 0 Å². The van der Waals surface area contributed by atoms with E-state index in [1.807, 2.05) is 30.3 Å². The molecule has 0 spiro atoms. The molecule has 1 aromatic carbocycles. The summed E-state index contributed by atoms with van der Waals surface area (Å²) in [7, 11) is 0. The maximum absolute atomic E-state index is 5.90. The molecule has 2 N–H and O–H groups in total. The lowest BCUT2D eigenvalue weighted by Gasteiger charge is -1.98. The Balaban J connectivity index is 2.22. The summed E-state index contributed by atoms with van der Waals surface area (Å²) in [6, 6.07) is 9.70. The van der Waals surface area contributed by atoms with E-state index in [-0.39, 0.29) is 0 Å². The molecule has 0 bridgehead atoms. The van der Waals surface area contributed by atoms with Gasteiger partial charge in [-0.15, -0.1) is 11.3 Å². The summed E-state index contributed by atoms with van der Waals surface area (Å²) in [6.45, 7) is 0. The highest BCUT2D eigenvalue weighted by Crippen LogP contribution is 2.32. The fraction of sp³-hybridized carbons (Fsp3) is 0. The van der Waals surface area contributed by atoms with Gasteiger partial charge in [0.05, 0.1) is 15.9 Å².